The van der Waals surface area contributed by atoms with E-state index < -0.39 is 11.5 Å². The first-order chi connectivity index (χ1) is 8.93. The summed E-state index contributed by atoms with van der Waals surface area (Å²) in [5.74, 6) is -0.990. The Balaban J connectivity index is 2.07. The van der Waals surface area contributed by atoms with Crippen LogP contribution in [0.1, 0.15) is 26.7 Å². The highest BCUT2D eigenvalue weighted by atomic mass is 16.4. The lowest BCUT2D eigenvalue weighted by atomic mass is 9.99. The molecule has 1 aliphatic heterocycles. The summed E-state index contributed by atoms with van der Waals surface area (Å²) in [6.45, 7) is 7.02. The molecular weight excluding hydrogens is 246 g/mol. The number of piperazine rings is 1. The van der Waals surface area contributed by atoms with Crippen molar-refractivity contribution in [1.29, 1.82) is 0 Å². The van der Waals surface area contributed by atoms with Crippen molar-refractivity contribution in [3.05, 3.63) is 0 Å². The molecule has 0 spiro atoms. The number of nitrogens with zero attached hydrogens (tertiary/aromatic N) is 2. The summed E-state index contributed by atoms with van der Waals surface area (Å²) in [4.78, 5) is 27.3. The number of amides is 1. The van der Waals surface area contributed by atoms with Crippen molar-refractivity contribution in [2.75, 3.05) is 32.7 Å². The molecule has 1 aliphatic carbocycles. The molecule has 0 aromatic rings. The molecule has 2 N–H and O–H groups in total. The molecule has 6 heteroatoms. The first-order valence-corrected chi connectivity index (χ1v) is 6.91. The van der Waals surface area contributed by atoms with E-state index in [9.17, 15) is 9.59 Å². The van der Waals surface area contributed by atoms with Gasteiger partial charge in [-0.15, -0.1) is 0 Å². The van der Waals surface area contributed by atoms with Crippen molar-refractivity contribution in [3.63, 3.8) is 0 Å². The Morgan fingerprint density at radius 1 is 1.32 bits per heavy atom. The topological polar surface area (TPSA) is 72.9 Å². The lowest BCUT2D eigenvalue weighted by molar-refractivity contribution is -0.151. The molecule has 2 rings (SSSR count). The zero-order valence-electron chi connectivity index (χ0n) is 11.7. The Bertz CT molecular complexity index is 360. The van der Waals surface area contributed by atoms with E-state index in [-0.39, 0.29) is 18.5 Å². The van der Waals surface area contributed by atoms with Gasteiger partial charge in [0.25, 0.3) is 0 Å². The first-order valence-electron chi connectivity index (χ1n) is 6.91. The summed E-state index contributed by atoms with van der Waals surface area (Å²) < 4.78 is 0. The normalized spacial score (nSPS) is 21.2. The van der Waals surface area contributed by atoms with Gasteiger partial charge >= 0.3 is 5.97 Å². The molecule has 1 amide bonds. The maximum absolute atomic E-state index is 12.7. The van der Waals surface area contributed by atoms with E-state index in [0.29, 0.717) is 0 Å². The summed E-state index contributed by atoms with van der Waals surface area (Å²) in [7, 11) is 0. The van der Waals surface area contributed by atoms with Crippen LogP contribution in [-0.2, 0) is 9.59 Å². The summed E-state index contributed by atoms with van der Waals surface area (Å²) >= 11 is 0. The van der Waals surface area contributed by atoms with Gasteiger partial charge in [-0.05, 0) is 26.7 Å². The summed E-state index contributed by atoms with van der Waals surface area (Å²) in [5.41, 5.74) is -0.625. The predicted molar refractivity (Wildman–Crippen MR) is 70.9 cm³/mol. The van der Waals surface area contributed by atoms with Crippen molar-refractivity contribution in [3.8, 4) is 0 Å². The molecule has 2 fully saturated rings. The van der Waals surface area contributed by atoms with E-state index >= 15 is 0 Å². The molecule has 0 bridgehead atoms. The van der Waals surface area contributed by atoms with Crippen LogP contribution in [0, 0.1) is 0 Å². The van der Waals surface area contributed by atoms with Crippen LogP contribution in [0.3, 0.4) is 0 Å². The molecule has 0 atom stereocenters. The van der Waals surface area contributed by atoms with Crippen LogP contribution in [0.4, 0.5) is 0 Å². The largest absolute Gasteiger partial charge is 0.480 e. The smallest absolute Gasteiger partial charge is 0.323 e. The van der Waals surface area contributed by atoms with E-state index in [1.807, 2.05) is 13.8 Å². The molecular formula is C13H23N3O3. The van der Waals surface area contributed by atoms with E-state index in [4.69, 9.17) is 5.11 Å². The molecule has 19 heavy (non-hydrogen) atoms. The zero-order valence-corrected chi connectivity index (χ0v) is 11.7. The molecule has 1 saturated carbocycles. The number of carbonyl (C=O) groups is 2. The number of carboxylic acids is 1. The highest BCUT2D eigenvalue weighted by Gasteiger charge is 2.43. The van der Waals surface area contributed by atoms with Gasteiger partial charge in [-0.25, -0.2) is 0 Å². The van der Waals surface area contributed by atoms with Gasteiger partial charge in [-0.2, -0.15) is 0 Å². The van der Waals surface area contributed by atoms with E-state index in [0.717, 1.165) is 39.0 Å². The molecule has 0 unspecified atom stereocenters. The van der Waals surface area contributed by atoms with Crippen LogP contribution in [0.25, 0.3) is 0 Å². The van der Waals surface area contributed by atoms with Gasteiger partial charge in [0.05, 0.1) is 5.54 Å². The summed E-state index contributed by atoms with van der Waals surface area (Å²) in [6, 6.07) is 0.130. The third-order valence-electron chi connectivity index (χ3n) is 3.99. The number of rotatable bonds is 5. The second-order valence-electron chi connectivity index (χ2n) is 5.85. The van der Waals surface area contributed by atoms with E-state index in [2.05, 4.69) is 10.2 Å². The molecule has 1 saturated heterocycles. The van der Waals surface area contributed by atoms with Gasteiger partial charge in [-0.3, -0.25) is 14.5 Å². The van der Waals surface area contributed by atoms with Gasteiger partial charge in [0.15, 0.2) is 0 Å². The van der Waals surface area contributed by atoms with Gasteiger partial charge in [0.2, 0.25) is 5.91 Å². The Hall–Kier alpha value is -1.14. The van der Waals surface area contributed by atoms with Crippen molar-refractivity contribution in [2.45, 2.75) is 38.3 Å². The lowest BCUT2D eigenvalue weighted by Gasteiger charge is -2.42. The van der Waals surface area contributed by atoms with Crippen LogP contribution < -0.4 is 5.32 Å². The van der Waals surface area contributed by atoms with Gasteiger partial charge in [-0.1, -0.05) is 0 Å². The zero-order chi connectivity index (χ0) is 14.0. The lowest BCUT2D eigenvalue weighted by Crippen LogP contribution is -2.61. The molecule has 6 nitrogen and oxygen atoms in total. The van der Waals surface area contributed by atoms with Crippen molar-refractivity contribution in [1.82, 2.24) is 15.1 Å². The fourth-order valence-corrected chi connectivity index (χ4v) is 2.61. The van der Waals surface area contributed by atoms with Crippen LogP contribution in [-0.4, -0.2) is 71.1 Å². The van der Waals surface area contributed by atoms with Crippen LogP contribution in [0.5, 0.6) is 0 Å². The Morgan fingerprint density at radius 2 is 1.89 bits per heavy atom. The highest BCUT2D eigenvalue weighted by molar-refractivity contribution is 5.88. The van der Waals surface area contributed by atoms with Crippen molar-refractivity contribution < 1.29 is 14.7 Å². The standard InChI is InChI=1S/C13H23N3O3/c1-13(2,15-7-5-14-6-8-15)12(19)16(9-11(17)18)10-3-4-10/h10,14H,3-9H2,1-2H3,(H,17,18). The second-order valence-corrected chi connectivity index (χ2v) is 5.85. The number of carbonyl (C=O) groups excluding carboxylic acids is 1. The van der Waals surface area contributed by atoms with Crippen molar-refractivity contribution in [2.24, 2.45) is 0 Å². The quantitative estimate of drug-likeness (QED) is 0.720. The van der Waals surface area contributed by atoms with E-state index in [1.54, 1.807) is 4.90 Å². The van der Waals surface area contributed by atoms with Gasteiger partial charge in [0.1, 0.15) is 6.54 Å². The third-order valence-corrected chi connectivity index (χ3v) is 3.99. The Kier molecular flexibility index (Phi) is 4.10. The molecule has 2 aliphatic rings. The molecule has 0 aromatic heterocycles. The predicted octanol–water partition coefficient (Wildman–Crippen LogP) is -0.254. The van der Waals surface area contributed by atoms with Crippen LogP contribution >= 0.6 is 0 Å². The van der Waals surface area contributed by atoms with E-state index in [1.165, 1.54) is 0 Å². The number of aliphatic carboxylic acids is 1. The van der Waals surface area contributed by atoms with Crippen molar-refractivity contribution >= 4 is 11.9 Å². The average Bonchev–Trinajstić information content (AvgIpc) is 3.20. The van der Waals surface area contributed by atoms with Gasteiger partial charge < -0.3 is 15.3 Å². The maximum atomic E-state index is 12.7. The minimum Gasteiger partial charge on any atom is -0.480 e. The first kappa shape index (κ1) is 14.3. The third kappa shape index (κ3) is 3.25. The average molecular weight is 269 g/mol. The fourth-order valence-electron chi connectivity index (χ4n) is 2.61. The molecule has 108 valence electrons. The van der Waals surface area contributed by atoms with Crippen LogP contribution in [0.15, 0.2) is 0 Å². The highest BCUT2D eigenvalue weighted by Crippen LogP contribution is 2.30. The maximum Gasteiger partial charge on any atom is 0.323 e. The summed E-state index contributed by atoms with van der Waals surface area (Å²) in [6.07, 6.45) is 1.85. The minimum atomic E-state index is -0.934. The number of hydrogen-bond donors (Lipinski definition) is 2. The van der Waals surface area contributed by atoms with Crippen LogP contribution in [0.2, 0.25) is 0 Å². The minimum absolute atomic E-state index is 0.0562. The molecule has 0 radical (unpaired) electrons. The fraction of sp³-hybridized carbons (Fsp3) is 0.846. The SMILES string of the molecule is CC(C)(C(=O)N(CC(=O)O)C1CC1)N1CCNCC1. The number of nitrogens with one attached hydrogen (secondary N) is 1. The second kappa shape index (κ2) is 5.46. The van der Waals surface area contributed by atoms with Gasteiger partial charge in [0, 0.05) is 32.2 Å². The Morgan fingerprint density at radius 3 is 2.37 bits per heavy atom. The monoisotopic (exact) mass is 269 g/mol. The Labute approximate surface area is 113 Å². The number of carboxylic acid groups (broad SMARTS) is 1. The summed E-state index contributed by atoms with van der Waals surface area (Å²) in [5, 5.41) is 12.2. The number of hydrogen-bond acceptors (Lipinski definition) is 4. The molecule has 0 aromatic carbocycles. The molecule has 1 heterocycles.